The maximum Gasteiger partial charge on any atom is 0.269 e. The second-order valence-corrected chi connectivity index (χ2v) is 5.10. The van der Waals surface area contributed by atoms with E-state index in [4.69, 9.17) is 0 Å². The van der Waals surface area contributed by atoms with Gasteiger partial charge in [0.15, 0.2) is 0 Å². The van der Waals surface area contributed by atoms with Gasteiger partial charge in [-0.05, 0) is 40.9 Å². The van der Waals surface area contributed by atoms with Crippen LogP contribution in [-0.4, -0.2) is 29.9 Å². The van der Waals surface area contributed by atoms with Crippen LogP contribution in [0.2, 0.25) is 0 Å². The minimum atomic E-state index is -0.233. The van der Waals surface area contributed by atoms with Crippen molar-refractivity contribution in [1.29, 1.82) is 0 Å². The van der Waals surface area contributed by atoms with Gasteiger partial charge in [-0.15, -0.1) is 0 Å². The predicted molar refractivity (Wildman–Crippen MR) is 70.0 cm³/mol. The van der Waals surface area contributed by atoms with Gasteiger partial charge in [0.05, 0.1) is 0 Å². The van der Waals surface area contributed by atoms with Crippen LogP contribution in [0.15, 0.2) is 22.8 Å². The summed E-state index contributed by atoms with van der Waals surface area (Å²) in [7, 11) is 0. The maximum atomic E-state index is 11.6. The minimum Gasteiger partial charge on any atom is -0.354 e. The van der Waals surface area contributed by atoms with Crippen LogP contribution < -0.4 is 10.6 Å². The second-order valence-electron chi connectivity index (χ2n) is 4.18. The molecule has 1 aliphatic rings. The molecule has 1 heterocycles. The number of hydrogen-bond donors (Lipinski definition) is 2. The van der Waals surface area contributed by atoms with E-state index in [9.17, 15) is 9.59 Å². The van der Waals surface area contributed by atoms with Gasteiger partial charge < -0.3 is 10.6 Å². The zero-order valence-electron chi connectivity index (χ0n) is 9.78. The zero-order valence-corrected chi connectivity index (χ0v) is 11.4. The van der Waals surface area contributed by atoms with Crippen molar-refractivity contribution in [2.24, 2.45) is 5.92 Å². The molecule has 1 aromatic rings. The highest BCUT2D eigenvalue weighted by atomic mass is 79.9. The fraction of sp³-hybridized carbons (Fsp3) is 0.417. The van der Waals surface area contributed by atoms with Crippen molar-refractivity contribution in [3.63, 3.8) is 0 Å². The quantitative estimate of drug-likeness (QED) is 0.800. The first-order valence-corrected chi connectivity index (χ1v) is 6.63. The molecule has 18 heavy (non-hydrogen) atoms. The molecule has 5 nitrogen and oxygen atoms in total. The SMILES string of the molecule is O=C(NCCNC(=O)C1CC1)c1ccc(Br)cn1. The largest absolute Gasteiger partial charge is 0.354 e. The average Bonchev–Trinajstić information content (AvgIpc) is 3.19. The van der Waals surface area contributed by atoms with Crippen molar-refractivity contribution in [1.82, 2.24) is 15.6 Å². The summed E-state index contributed by atoms with van der Waals surface area (Å²) in [4.78, 5) is 26.9. The molecular formula is C12H14BrN3O2. The van der Waals surface area contributed by atoms with Crippen LogP contribution in [0.25, 0.3) is 0 Å². The summed E-state index contributed by atoms with van der Waals surface area (Å²) in [5.74, 6) is 0.0584. The van der Waals surface area contributed by atoms with Gasteiger partial charge in [0.25, 0.3) is 5.91 Å². The van der Waals surface area contributed by atoms with Gasteiger partial charge in [0.1, 0.15) is 5.69 Å². The summed E-state index contributed by atoms with van der Waals surface area (Å²) in [6.07, 6.45) is 3.55. The first kappa shape index (κ1) is 13.0. The van der Waals surface area contributed by atoms with Gasteiger partial charge >= 0.3 is 0 Å². The van der Waals surface area contributed by atoms with E-state index in [2.05, 4.69) is 31.5 Å². The Morgan fingerprint density at radius 2 is 2.00 bits per heavy atom. The number of hydrogen-bond acceptors (Lipinski definition) is 3. The number of aromatic nitrogens is 1. The highest BCUT2D eigenvalue weighted by molar-refractivity contribution is 9.10. The van der Waals surface area contributed by atoms with E-state index in [0.717, 1.165) is 17.3 Å². The molecule has 0 radical (unpaired) electrons. The third-order valence-corrected chi connectivity index (χ3v) is 3.09. The topological polar surface area (TPSA) is 71.1 Å². The third-order valence-electron chi connectivity index (χ3n) is 2.62. The molecule has 1 aliphatic carbocycles. The number of carbonyl (C=O) groups excluding carboxylic acids is 2. The van der Waals surface area contributed by atoms with Crippen molar-refractivity contribution in [3.8, 4) is 0 Å². The number of nitrogens with one attached hydrogen (secondary N) is 2. The Hall–Kier alpha value is -1.43. The molecule has 6 heteroatoms. The van der Waals surface area contributed by atoms with Crippen LogP contribution >= 0.6 is 15.9 Å². The van der Waals surface area contributed by atoms with Crippen molar-refractivity contribution < 1.29 is 9.59 Å². The monoisotopic (exact) mass is 311 g/mol. The molecular weight excluding hydrogens is 298 g/mol. The highest BCUT2D eigenvalue weighted by Gasteiger charge is 2.28. The number of carbonyl (C=O) groups is 2. The van der Waals surface area contributed by atoms with Crippen molar-refractivity contribution in [3.05, 3.63) is 28.5 Å². The molecule has 2 amide bonds. The van der Waals surface area contributed by atoms with Gasteiger partial charge in [0, 0.05) is 29.7 Å². The Morgan fingerprint density at radius 1 is 1.28 bits per heavy atom. The van der Waals surface area contributed by atoms with Crippen LogP contribution in [0.3, 0.4) is 0 Å². The number of pyridine rings is 1. The second kappa shape index (κ2) is 5.95. The van der Waals surface area contributed by atoms with Gasteiger partial charge in [-0.3, -0.25) is 9.59 Å². The van der Waals surface area contributed by atoms with E-state index < -0.39 is 0 Å². The number of nitrogens with zero attached hydrogens (tertiary/aromatic N) is 1. The van der Waals surface area contributed by atoms with E-state index >= 15 is 0 Å². The molecule has 96 valence electrons. The lowest BCUT2D eigenvalue weighted by atomic mass is 10.3. The Balaban J connectivity index is 1.68. The number of rotatable bonds is 5. The molecule has 1 aromatic heterocycles. The lowest BCUT2D eigenvalue weighted by Gasteiger charge is -2.06. The molecule has 0 saturated heterocycles. The van der Waals surface area contributed by atoms with Crippen LogP contribution in [0.5, 0.6) is 0 Å². The molecule has 0 atom stereocenters. The molecule has 0 aromatic carbocycles. The van der Waals surface area contributed by atoms with Crippen LogP contribution in [0, 0.1) is 5.92 Å². The molecule has 1 fully saturated rings. The smallest absolute Gasteiger partial charge is 0.269 e. The standard InChI is InChI=1S/C12H14BrN3O2/c13-9-3-4-10(16-7-9)12(18)15-6-5-14-11(17)8-1-2-8/h3-4,7-8H,1-2,5-6H2,(H,14,17)(H,15,18). The van der Waals surface area contributed by atoms with Crippen molar-refractivity contribution >= 4 is 27.7 Å². The molecule has 0 unspecified atom stereocenters. The Morgan fingerprint density at radius 3 is 2.61 bits per heavy atom. The van der Waals surface area contributed by atoms with E-state index in [1.54, 1.807) is 18.3 Å². The van der Waals surface area contributed by atoms with E-state index in [1.807, 2.05) is 0 Å². The summed E-state index contributed by atoms with van der Waals surface area (Å²) >= 11 is 3.25. The van der Waals surface area contributed by atoms with Crippen molar-refractivity contribution in [2.45, 2.75) is 12.8 Å². The molecule has 0 bridgehead atoms. The van der Waals surface area contributed by atoms with Gasteiger partial charge in [0.2, 0.25) is 5.91 Å². The van der Waals surface area contributed by atoms with Gasteiger partial charge in [-0.25, -0.2) is 4.98 Å². The fourth-order valence-corrected chi connectivity index (χ4v) is 1.69. The number of halogens is 1. The summed E-state index contributed by atoms with van der Waals surface area (Å²) in [6.45, 7) is 0.868. The maximum absolute atomic E-state index is 11.6. The van der Waals surface area contributed by atoms with E-state index in [-0.39, 0.29) is 17.7 Å². The fourth-order valence-electron chi connectivity index (χ4n) is 1.45. The van der Waals surface area contributed by atoms with Crippen molar-refractivity contribution in [2.75, 3.05) is 13.1 Å². The third kappa shape index (κ3) is 3.80. The summed E-state index contributed by atoms with van der Waals surface area (Å²) < 4.78 is 0.829. The van der Waals surface area contributed by atoms with E-state index in [1.165, 1.54) is 0 Å². The van der Waals surface area contributed by atoms with Crippen LogP contribution in [0.1, 0.15) is 23.3 Å². The minimum absolute atomic E-state index is 0.0889. The lowest BCUT2D eigenvalue weighted by molar-refractivity contribution is -0.122. The first-order chi connectivity index (χ1) is 8.66. The summed E-state index contributed by atoms with van der Waals surface area (Å²) in [5, 5.41) is 5.48. The molecule has 2 N–H and O–H groups in total. The molecule has 1 saturated carbocycles. The normalized spacial score (nSPS) is 14.1. The molecule has 0 aliphatic heterocycles. The summed E-state index contributed by atoms with van der Waals surface area (Å²) in [5.41, 5.74) is 0.367. The molecule has 2 rings (SSSR count). The first-order valence-electron chi connectivity index (χ1n) is 5.84. The Kier molecular flexibility index (Phi) is 4.30. The van der Waals surface area contributed by atoms with Gasteiger partial charge in [-0.2, -0.15) is 0 Å². The Bertz CT molecular complexity index is 443. The number of amides is 2. The van der Waals surface area contributed by atoms with Crippen LogP contribution in [-0.2, 0) is 4.79 Å². The Labute approximate surface area is 113 Å². The zero-order chi connectivity index (χ0) is 13.0. The highest BCUT2D eigenvalue weighted by Crippen LogP contribution is 2.28. The lowest BCUT2D eigenvalue weighted by Crippen LogP contribution is -2.35. The van der Waals surface area contributed by atoms with E-state index in [0.29, 0.717) is 18.8 Å². The van der Waals surface area contributed by atoms with Gasteiger partial charge in [-0.1, -0.05) is 0 Å². The average molecular weight is 312 g/mol. The van der Waals surface area contributed by atoms with Crippen LogP contribution in [0.4, 0.5) is 0 Å². The molecule has 0 spiro atoms. The summed E-state index contributed by atoms with van der Waals surface area (Å²) in [6, 6.07) is 3.40. The predicted octanol–water partition coefficient (Wildman–Crippen LogP) is 1.10.